The van der Waals surface area contributed by atoms with Crippen LogP contribution in [-0.4, -0.2) is 53.8 Å². The summed E-state index contributed by atoms with van der Waals surface area (Å²) < 4.78 is 12.2. The summed E-state index contributed by atoms with van der Waals surface area (Å²) in [6, 6.07) is 15.0. The summed E-state index contributed by atoms with van der Waals surface area (Å²) in [7, 11) is 3.26. The van der Waals surface area contributed by atoms with Gasteiger partial charge in [-0.15, -0.1) is 10.2 Å². The van der Waals surface area contributed by atoms with Gasteiger partial charge in [-0.25, -0.2) is 0 Å². The van der Waals surface area contributed by atoms with Crippen LogP contribution in [0.4, 0.5) is 0 Å². The second kappa shape index (κ2) is 11.0. The fourth-order valence-corrected chi connectivity index (χ4v) is 3.67. The number of carbonyl (C=O) groups excluding carboxylic acids is 1. The van der Waals surface area contributed by atoms with E-state index in [1.807, 2.05) is 53.1 Å². The molecule has 158 valence electrons. The maximum Gasteiger partial charge on any atom is 0.230 e. The Hall–Kier alpha value is -2.55. The quantitative estimate of drug-likeness (QED) is 0.376. The third kappa shape index (κ3) is 5.75. The van der Waals surface area contributed by atoms with Crippen molar-refractivity contribution in [3.8, 4) is 22.8 Å². The lowest BCUT2D eigenvalue weighted by Gasteiger charge is -2.11. The molecule has 0 saturated heterocycles. The second-order valence-corrected chi connectivity index (χ2v) is 7.71. The molecule has 1 N–H and O–H groups in total. The minimum absolute atomic E-state index is 0.0651. The van der Waals surface area contributed by atoms with Crippen molar-refractivity contribution in [3.63, 3.8) is 0 Å². The molecule has 1 aromatic heterocycles. The number of methoxy groups -OCH3 is 2. The number of carbonyl (C=O) groups is 1. The molecule has 0 saturated carbocycles. The number of aromatic nitrogens is 3. The Morgan fingerprint density at radius 2 is 1.97 bits per heavy atom. The van der Waals surface area contributed by atoms with Crippen molar-refractivity contribution in [2.75, 3.05) is 33.1 Å². The minimum atomic E-state index is -0.0651. The van der Waals surface area contributed by atoms with E-state index in [-0.39, 0.29) is 11.7 Å². The van der Waals surface area contributed by atoms with E-state index in [0.29, 0.717) is 29.2 Å². The molecule has 1 amide bonds. The zero-order valence-corrected chi connectivity index (χ0v) is 18.4. The van der Waals surface area contributed by atoms with Crippen molar-refractivity contribution in [3.05, 3.63) is 53.6 Å². The molecule has 0 aliphatic rings. The van der Waals surface area contributed by atoms with E-state index >= 15 is 0 Å². The molecule has 0 aliphatic heterocycles. The van der Waals surface area contributed by atoms with Gasteiger partial charge in [0, 0.05) is 36.5 Å². The lowest BCUT2D eigenvalue weighted by Crippen LogP contribution is -2.26. The number of amides is 1. The molecule has 0 atom stereocenters. The van der Waals surface area contributed by atoms with Gasteiger partial charge in [-0.2, -0.15) is 0 Å². The fourth-order valence-electron chi connectivity index (χ4n) is 2.76. The van der Waals surface area contributed by atoms with E-state index in [1.54, 1.807) is 14.2 Å². The normalized spacial score (nSPS) is 10.8. The number of hydrogen-bond acceptors (Lipinski definition) is 6. The Morgan fingerprint density at radius 1 is 1.17 bits per heavy atom. The maximum atomic E-state index is 12.2. The molecule has 0 unspecified atom stereocenters. The van der Waals surface area contributed by atoms with Gasteiger partial charge >= 0.3 is 0 Å². The minimum Gasteiger partial charge on any atom is -0.497 e. The first kappa shape index (κ1) is 22.1. The van der Waals surface area contributed by atoms with Gasteiger partial charge in [0.1, 0.15) is 5.75 Å². The standard InChI is InChI=1S/C21H23ClN4O3S/c1-28-12-4-11-23-19(27)14-30-21-25-24-20(15-5-3-6-18(13-15)29-2)26(21)17-9-7-16(22)8-10-17/h3,5-10,13H,4,11-12,14H2,1-2H3,(H,23,27). The van der Waals surface area contributed by atoms with Crippen LogP contribution >= 0.6 is 23.4 Å². The smallest absolute Gasteiger partial charge is 0.230 e. The van der Waals surface area contributed by atoms with Gasteiger partial charge in [0.15, 0.2) is 11.0 Å². The first-order valence-corrected chi connectivity index (χ1v) is 10.7. The lowest BCUT2D eigenvalue weighted by molar-refractivity contribution is -0.118. The molecular formula is C21H23ClN4O3S. The SMILES string of the molecule is COCCCNC(=O)CSc1nnc(-c2cccc(OC)c2)n1-c1ccc(Cl)cc1. The molecule has 0 spiro atoms. The first-order chi connectivity index (χ1) is 14.6. The maximum absolute atomic E-state index is 12.2. The number of halogens is 1. The van der Waals surface area contributed by atoms with Gasteiger partial charge in [0.25, 0.3) is 0 Å². The van der Waals surface area contributed by atoms with Crippen molar-refractivity contribution in [2.24, 2.45) is 0 Å². The third-order valence-electron chi connectivity index (χ3n) is 4.23. The zero-order chi connectivity index (χ0) is 21.3. The van der Waals surface area contributed by atoms with Crippen molar-refractivity contribution in [2.45, 2.75) is 11.6 Å². The van der Waals surface area contributed by atoms with E-state index in [9.17, 15) is 4.79 Å². The summed E-state index contributed by atoms with van der Waals surface area (Å²) in [5, 5.41) is 12.8. The van der Waals surface area contributed by atoms with Gasteiger partial charge in [-0.1, -0.05) is 35.5 Å². The van der Waals surface area contributed by atoms with Gasteiger partial charge in [0.2, 0.25) is 5.91 Å². The van der Waals surface area contributed by atoms with Crippen LogP contribution in [0, 0.1) is 0 Å². The van der Waals surface area contributed by atoms with E-state index in [4.69, 9.17) is 21.1 Å². The van der Waals surface area contributed by atoms with E-state index in [0.717, 1.165) is 23.4 Å². The highest BCUT2D eigenvalue weighted by atomic mass is 35.5. The summed E-state index contributed by atoms with van der Waals surface area (Å²) in [4.78, 5) is 12.2. The van der Waals surface area contributed by atoms with Crippen LogP contribution in [0.3, 0.4) is 0 Å². The molecule has 0 bridgehead atoms. The summed E-state index contributed by atoms with van der Waals surface area (Å²) in [6.45, 7) is 1.19. The van der Waals surface area contributed by atoms with Gasteiger partial charge in [-0.3, -0.25) is 9.36 Å². The Kier molecular flexibility index (Phi) is 8.12. The molecule has 0 radical (unpaired) electrons. The van der Waals surface area contributed by atoms with Crippen LogP contribution in [-0.2, 0) is 9.53 Å². The molecule has 30 heavy (non-hydrogen) atoms. The van der Waals surface area contributed by atoms with Crippen LogP contribution < -0.4 is 10.1 Å². The zero-order valence-electron chi connectivity index (χ0n) is 16.8. The molecular weight excluding hydrogens is 424 g/mol. The Labute approximate surface area is 184 Å². The highest BCUT2D eigenvalue weighted by molar-refractivity contribution is 7.99. The average molecular weight is 447 g/mol. The molecule has 9 heteroatoms. The van der Waals surface area contributed by atoms with Crippen LogP contribution in [0.1, 0.15) is 6.42 Å². The van der Waals surface area contributed by atoms with Crippen LogP contribution in [0.25, 0.3) is 17.1 Å². The number of rotatable bonds is 10. The number of thioether (sulfide) groups is 1. The average Bonchev–Trinajstić information content (AvgIpc) is 3.20. The highest BCUT2D eigenvalue weighted by Gasteiger charge is 2.17. The number of nitrogens with zero attached hydrogens (tertiary/aromatic N) is 3. The summed E-state index contributed by atoms with van der Waals surface area (Å²) in [5.74, 6) is 1.54. The topological polar surface area (TPSA) is 78.3 Å². The molecule has 2 aromatic carbocycles. The fraction of sp³-hybridized carbons (Fsp3) is 0.286. The summed E-state index contributed by atoms with van der Waals surface area (Å²) in [5.41, 5.74) is 1.71. The van der Waals surface area contributed by atoms with Gasteiger partial charge in [-0.05, 0) is 42.8 Å². The molecule has 1 heterocycles. The number of hydrogen-bond donors (Lipinski definition) is 1. The van der Waals surface area contributed by atoms with Gasteiger partial charge < -0.3 is 14.8 Å². The van der Waals surface area contributed by atoms with E-state index in [2.05, 4.69) is 15.5 Å². The Balaban J connectivity index is 1.85. The first-order valence-electron chi connectivity index (χ1n) is 9.36. The Bertz CT molecular complexity index is 979. The van der Waals surface area contributed by atoms with Gasteiger partial charge in [0.05, 0.1) is 12.9 Å². The van der Waals surface area contributed by atoms with Crippen molar-refractivity contribution in [1.29, 1.82) is 0 Å². The largest absolute Gasteiger partial charge is 0.497 e. The van der Waals surface area contributed by atoms with Crippen molar-refractivity contribution >= 4 is 29.3 Å². The summed E-state index contributed by atoms with van der Waals surface area (Å²) in [6.07, 6.45) is 0.772. The number of benzene rings is 2. The van der Waals surface area contributed by atoms with Crippen LogP contribution in [0.5, 0.6) is 5.75 Å². The predicted molar refractivity (Wildman–Crippen MR) is 119 cm³/mol. The van der Waals surface area contributed by atoms with Crippen molar-refractivity contribution in [1.82, 2.24) is 20.1 Å². The Morgan fingerprint density at radius 3 is 2.70 bits per heavy atom. The third-order valence-corrected chi connectivity index (χ3v) is 5.41. The highest BCUT2D eigenvalue weighted by Crippen LogP contribution is 2.30. The molecule has 7 nitrogen and oxygen atoms in total. The number of ether oxygens (including phenoxy) is 2. The van der Waals surface area contributed by atoms with Crippen LogP contribution in [0.2, 0.25) is 5.02 Å². The van der Waals surface area contributed by atoms with E-state index in [1.165, 1.54) is 11.8 Å². The number of nitrogens with one attached hydrogen (secondary N) is 1. The molecule has 0 aliphatic carbocycles. The second-order valence-electron chi connectivity index (χ2n) is 6.33. The van der Waals surface area contributed by atoms with Crippen molar-refractivity contribution < 1.29 is 14.3 Å². The summed E-state index contributed by atoms with van der Waals surface area (Å²) >= 11 is 7.38. The molecule has 3 rings (SSSR count). The van der Waals surface area contributed by atoms with Crippen LogP contribution in [0.15, 0.2) is 53.7 Å². The molecule has 3 aromatic rings. The molecule has 0 fully saturated rings. The monoisotopic (exact) mass is 446 g/mol. The predicted octanol–water partition coefficient (Wildman–Crippen LogP) is 3.84. The lowest BCUT2D eigenvalue weighted by atomic mass is 10.2. The van der Waals surface area contributed by atoms with E-state index < -0.39 is 0 Å².